The van der Waals surface area contributed by atoms with E-state index in [1.165, 1.54) is 0 Å². The Kier molecular flexibility index (Phi) is 17.5. The van der Waals surface area contributed by atoms with E-state index >= 15 is 0 Å². The first-order chi connectivity index (χ1) is 18.7. The molecular weight excluding hydrogens is 492 g/mol. The van der Waals surface area contributed by atoms with Crippen molar-refractivity contribution in [2.24, 2.45) is 0 Å². The number of nitrogens with one attached hydrogen (secondary N) is 2. The van der Waals surface area contributed by atoms with Crippen LogP contribution in [-0.4, -0.2) is 49.0 Å². The molecule has 0 aliphatic rings. The number of anilines is 2. The summed E-state index contributed by atoms with van der Waals surface area (Å²) in [6.07, 6.45) is 13.0. The van der Waals surface area contributed by atoms with Crippen molar-refractivity contribution in [3.05, 3.63) is 54.4 Å². The molecule has 0 saturated carbocycles. The second-order valence-electron chi connectivity index (χ2n) is 9.97. The molecule has 8 heteroatoms. The molecule has 0 saturated heterocycles. The Morgan fingerprint density at radius 3 is 1.82 bits per heavy atom. The molecule has 0 spiro atoms. The smallest absolute Gasteiger partial charge is 0.251 e. The van der Waals surface area contributed by atoms with Crippen LogP contribution >= 0.6 is 0 Å². The summed E-state index contributed by atoms with van der Waals surface area (Å²) < 4.78 is 0. The minimum Gasteiger partial charge on any atom is -0.378 e. The molecule has 2 rings (SSSR count). The van der Waals surface area contributed by atoms with E-state index in [1.54, 1.807) is 32.3 Å². The highest BCUT2D eigenvalue weighted by molar-refractivity contribution is 5.94. The van der Waals surface area contributed by atoms with Gasteiger partial charge in [0.2, 0.25) is 5.91 Å². The zero-order valence-electron chi connectivity index (χ0n) is 24.1. The van der Waals surface area contributed by atoms with Gasteiger partial charge in [0.25, 0.3) is 5.91 Å². The van der Waals surface area contributed by atoms with Gasteiger partial charge in [-0.1, -0.05) is 25.7 Å². The molecule has 2 aromatic rings. The molecule has 0 atom stereocenters. The zero-order valence-corrected chi connectivity index (χ0v) is 24.1. The average Bonchev–Trinajstić information content (AvgIpc) is 2.90. The van der Waals surface area contributed by atoms with E-state index < -0.39 is 0 Å². The number of nitrogens with zero attached hydrogens (tertiary/aromatic N) is 2. The van der Waals surface area contributed by atoms with Crippen molar-refractivity contribution in [2.75, 3.05) is 30.9 Å². The third-order valence-electron chi connectivity index (χ3n) is 6.02. The Labute approximate surface area is 234 Å². The summed E-state index contributed by atoms with van der Waals surface area (Å²) in [7, 11) is 3.95. The van der Waals surface area contributed by atoms with Crippen molar-refractivity contribution in [3.8, 4) is 0 Å². The number of amides is 2. The van der Waals surface area contributed by atoms with Crippen LogP contribution in [0, 0.1) is 0 Å². The van der Waals surface area contributed by atoms with Crippen LogP contribution in [0.3, 0.4) is 0 Å². The van der Waals surface area contributed by atoms with Gasteiger partial charge in [0.15, 0.2) is 0 Å². The largest absolute Gasteiger partial charge is 0.378 e. The first-order valence-electron chi connectivity index (χ1n) is 13.9. The van der Waals surface area contributed by atoms with E-state index in [9.17, 15) is 19.2 Å². The van der Waals surface area contributed by atoms with Crippen molar-refractivity contribution >= 4 is 34.8 Å². The molecule has 0 radical (unpaired) electrons. The maximum absolute atomic E-state index is 11.9. The van der Waals surface area contributed by atoms with Crippen LogP contribution in [0.5, 0.6) is 0 Å². The van der Waals surface area contributed by atoms with Gasteiger partial charge in [-0.15, -0.1) is 0 Å². The van der Waals surface area contributed by atoms with Crippen LogP contribution in [-0.2, 0) is 14.4 Å². The van der Waals surface area contributed by atoms with E-state index in [0.29, 0.717) is 31.4 Å². The molecule has 1 aromatic carbocycles. The monoisotopic (exact) mass is 538 g/mol. The lowest BCUT2D eigenvalue weighted by atomic mass is 10.1. The van der Waals surface area contributed by atoms with E-state index in [0.717, 1.165) is 62.7 Å². The van der Waals surface area contributed by atoms with Gasteiger partial charge in [-0.2, -0.15) is 0 Å². The molecule has 0 unspecified atom stereocenters. The Balaban J connectivity index is 0.000000395. The highest BCUT2D eigenvalue weighted by Crippen LogP contribution is 2.12. The first-order valence-corrected chi connectivity index (χ1v) is 13.9. The third-order valence-corrected chi connectivity index (χ3v) is 6.02. The van der Waals surface area contributed by atoms with Crippen molar-refractivity contribution in [1.29, 1.82) is 0 Å². The summed E-state index contributed by atoms with van der Waals surface area (Å²) in [5.41, 5.74) is 2.51. The van der Waals surface area contributed by atoms with Crippen molar-refractivity contribution in [1.82, 2.24) is 10.3 Å². The number of aromatic nitrogens is 1. The summed E-state index contributed by atoms with van der Waals surface area (Å²) in [5.74, 6) is 0.493. The number of benzene rings is 1. The Morgan fingerprint density at radius 2 is 1.31 bits per heavy atom. The molecule has 0 fully saturated rings. The SMILES string of the molecule is CC(=O)CCCCCCC(=O)Nc1cccnc1.CC(=O)CCCCCCNC(=O)c1ccc(N(C)C)cc1. The molecule has 214 valence electrons. The minimum absolute atomic E-state index is 0.0227. The third kappa shape index (κ3) is 17.6. The quantitative estimate of drug-likeness (QED) is 0.240. The number of hydrogen-bond acceptors (Lipinski definition) is 6. The molecule has 1 aromatic heterocycles. The molecule has 8 nitrogen and oxygen atoms in total. The number of hydrogen-bond donors (Lipinski definition) is 2. The van der Waals surface area contributed by atoms with E-state index in [-0.39, 0.29) is 23.4 Å². The molecular formula is C31H46N4O4. The minimum atomic E-state index is -0.0240. The fraction of sp³-hybridized carbons (Fsp3) is 0.516. The van der Waals surface area contributed by atoms with Crippen LogP contribution in [0.4, 0.5) is 11.4 Å². The van der Waals surface area contributed by atoms with Crippen molar-refractivity contribution in [2.45, 2.75) is 84.5 Å². The van der Waals surface area contributed by atoms with E-state index in [1.807, 2.05) is 49.3 Å². The summed E-state index contributed by atoms with van der Waals surface area (Å²) in [4.78, 5) is 50.9. The standard InChI is InChI=1S/C17H26N2O2.C14H20N2O2/c1-14(20)8-6-4-5-7-13-18-17(21)15-9-11-16(12-10-15)19(2)3;1-12(17)7-4-2-3-5-9-14(18)16-13-8-6-10-15-11-13/h9-12H,4-8,13H2,1-3H3,(H,18,21);6,8,10-11H,2-5,7,9H2,1H3,(H,16,18). The van der Waals surface area contributed by atoms with Gasteiger partial charge in [-0.3, -0.25) is 14.6 Å². The fourth-order valence-electron chi connectivity index (χ4n) is 3.74. The van der Waals surface area contributed by atoms with E-state index in [4.69, 9.17) is 0 Å². The highest BCUT2D eigenvalue weighted by Gasteiger charge is 2.05. The van der Waals surface area contributed by atoms with Gasteiger partial charge >= 0.3 is 0 Å². The Morgan fingerprint density at radius 1 is 0.744 bits per heavy atom. The molecule has 0 aliphatic heterocycles. The Hall–Kier alpha value is -3.55. The average molecular weight is 539 g/mol. The highest BCUT2D eigenvalue weighted by atomic mass is 16.2. The topological polar surface area (TPSA) is 108 Å². The number of unbranched alkanes of at least 4 members (excludes halogenated alkanes) is 6. The second-order valence-corrected chi connectivity index (χ2v) is 9.97. The van der Waals surface area contributed by atoms with Crippen LogP contribution in [0.2, 0.25) is 0 Å². The first kappa shape index (κ1) is 33.5. The predicted octanol–water partition coefficient (Wildman–Crippen LogP) is 5.97. The number of ketones is 2. The predicted molar refractivity (Wildman–Crippen MR) is 158 cm³/mol. The summed E-state index contributed by atoms with van der Waals surface area (Å²) in [6.45, 7) is 3.93. The zero-order chi connectivity index (χ0) is 28.9. The van der Waals surface area contributed by atoms with Crippen LogP contribution in [0.15, 0.2) is 48.8 Å². The van der Waals surface area contributed by atoms with Crippen LogP contribution in [0.25, 0.3) is 0 Å². The normalized spacial score (nSPS) is 10.2. The van der Waals surface area contributed by atoms with Crippen LogP contribution in [0.1, 0.15) is 94.8 Å². The lowest BCUT2D eigenvalue weighted by Crippen LogP contribution is -2.24. The molecule has 1 heterocycles. The summed E-state index contributed by atoms with van der Waals surface area (Å²) in [6, 6.07) is 11.2. The number of carbonyl (C=O) groups excluding carboxylic acids is 4. The maximum atomic E-state index is 11.9. The van der Waals surface area contributed by atoms with Gasteiger partial charge in [-0.05, 0) is 75.9 Å². The molecule has 0 bridgehead atoms. The number of Topliss-reactive ketones (excluding diaryl/α,β-unsaturated/α-hetero) is 2. The number of carbonyl (C=O) groups is 4. The number of pyridine rings is 1. The molecule has 39 heavy (non-hydrogen) atoms. The maximum Gasteiger partial charge on any atom is 0.251 e. The molecule has 0 aliphatic carbocycles. The van der Waals surface area contributed by atoms with Gasteiger partial charge < -0.3 is 25.1 Å². The van der Waals surface area contributed by atoms with Gasteiger partial charge in [0.1, 0.15) is 11.6 Å². The van der Waals surface area contributed by atoms with Crippen LogP contribution < -0.4 is 15.5 Å². The van der Waals surface area contributed by atoms with Crippen molar-refractivity contribution < 1.29 is 19.2 Å². The van der Waals surface area contributed by atoms with Gasteiger partial charge in [0, 0.05) is 57.4 Å². The number of rotatable bonds is 17. The molecule has 2 N–H and O–H groups in total. The van der Waals surface area contributed by atoms with Gasteiger partial charge in [-0.25, -0.2) is 0 Å². The summed E-state index contributed by atoms with van der Waals surface area (Å²) in [5, 5.41) is 5.72. The lowest BCUT2D eigenvalue weighted by Gasteiger charge is -2.12. The molecule has 2 amide bonds. The Bertz CT molecular complexity index is 991. The van der Waals surface area contributed by atoms with Gasteiger partial charge in [0.05, 0.1) is 11.9 Å². The van der Waals surface area contributed by atoms with E-state index in [2.05, 4.69) is 15.6 Å². The fourth-order valence-corrected chi connectivity index (χ4v) is 3.74. The summed E-state index contributed by atoms with van der Waals surface area (Å²) >= 11 is 0. The van der Waals surface area contributed by atoms with Crippen molar-refractivity contribution in [3.63, 3.8) is 0 Å². The lowest BCUT2D eigenvalue weighted by molar-refractivity contribution is -0.118. The second kappa shape index (κ2) is 20.4.